The molecule has 34 heavy (non-hydrogen) atoms. The molecule has 0 saturated carbocycles. The third-order valence-electron chi connectivity index (χ3n) is 7.12. The number of hydrogen-bond donors (Lipinski definition) is 1. The summed E-state index contributed by atoms with van der Waals surface area (Å²) in [6, 6.07) is 18.9. The van der Waals surface area contributed by atoms with E-state index in [1.165, 1.54) is 28.3 Å². The predicted octanol–water partition coefficient (Wildman–Crippen LogP) is 5.76. The van der Waals surface area contributed by atoms with Crippen LogP contribution in [0.3, 0.4) is 0 Å². The fourth-order valence-corrected chi connectivity index (χ4v) is 5.79. The molecule has 0 fully saturated rings. The summed E-state index contributed by atoms with van der Waals surface area (Å²) in [5, 5.41) is 1.85. The van der Waals surface area contributed by atoms with Gasteiger partial charge in [0, 0.05) is 24.4 Å². The van der Waals surface area contributed by atoms with E-state index in [2.05, 4.69) is 24.3 Å². The van der Waals surface area contributed by atoms with Gasteiger partial charge in [-0.2, -0.15) is 0 Å². The maximum Gasteiger partial charge on any atom is 0.221 e. The summed E-state index contributed by atoms with van der Waals surface area (Å²) < 4.78 is 20.7. The Balaban J connectivity index is 1.45. The molecule has 7 heteroatoms. The van der Waals surface area contributed by atoms with Gasteiger partial charge >= 0.3 is 0 Å². The number of fused-ring (bicyclic) bond motifs is 3. The SMILES string of the molecule is CN1OC2(CC(C3CCCc4ccccc43)Oc3ccc(-c4cc(F)cc(Cl)c4)cc32)N=C1N. The van der Waals surface area contributed by atoms with Gasteiger partial charge in [-0.1, -0.05) is 41.9 Å². The maximum absolute atomic E-state index is 14.0. The summed E-state index contributed by atoms with van der Waals surface area (Å²) in [5.41, 5.74) is 10.1. The lowest BCUT2D eigenvalue weighted by Gasteiger charge is -2.41. The Morgan fingerprint density at radius 3 is 2.76 bits per heavy atom. The van der Waals surface area contributed by atoms with Gasteiger partial charge in [-0.15, -0.1) is 0 Å². The minimum absolute atomic E-state index is 0.119. The lowest BCUT2D eigenvalue weighted by atomic mass is 9.76. The summed E-state index contributed by atoms with van der Waals surface area (Å²) in [6.45, 7) is 0. The fourth-order valence-electron chi connectivity index (χ4n) is 5.57. The van der Waals surface area contributed by atoms with E-state index in [0.29, 0.717) is 28.7 Å². The number of guanidine groups is 1. The highest BCUT2D eigenvalue weighted by Gasteiger charge is 2.50. The number of aliphatic imine (C=N–C) groups is 1. The van der Waals surface area contributed by atoms with E-state index in [9.17, 15) is 4.39 Å². The molecule has 0 radical (unpaired) electrons. The minimum atomic E-state index is -1.00. The molecular formula is C27H25ClFN3O2. The first-order valence-corrected chi connectivity index (χ1v) is 11.9. The summed E-state index contributed by atoms with van der Waals surface area (Å²) in [4.78, 5) is 11.1. The van der Waals surface area contributed by atoms with Gasteiger partial charge in [0.25, 0.3) is 0 Å². The van der Waals surface area contributed by atoms with Gasteiger partial charge in [0.15, 0.2) is 0 Å². The fraction of sp³-hybridized carbons (Fsp3) is 0.296. The first-order valence-electron chi connectivity index (χ1n) is 11.6. The molecule has 1 spiro atoms. The van der Waals surface area contributed by atoms with Crippen LogP contribution in [0.2, 0.25) is 5.02 Å². The van der Waals surface area contributed by atoms with Crippen molar-refractivity contribution in [1.82, 2.24) is 5.06 Å². The number of nitrogens with two attached hydrogens (primary N) is 1. The van der Waals surface area contributed by atoms with Crippen LogP contribution in [0.4, 0.5) is 4.39 Å². The summed E-state index contributed by atoms with van der Waals surface area (Å²) in [5.74, 6) is 0.871. The third kappa shape index (κ3) is 3.53. The Hall–Kier alpha value is -3.09. The summed E-state index contributed by atoms with van der Waals surface area (Å²) in [6.07, 6.45) is 3.66. The number of ether oxygens (including phenoxy) is 1. The van der Waals surface area contributed by atoms with Crippen molar-refractivity contribution in [2.45, 2.75) is 43.4 Å². The van der Waals surface area contributed by atoms with E-state index in [1.54, 1.807) is 13.1 Å². The standard InChI is InChI=1S/C27H25ClFN3O2/c1-32-26(30)31-27(34-32)15-25(22-8-4-6-16-5-2-3-7-21(16)22)33-24-10-9-17(13-23(24)27)18-11-19(28)14-20(29)12-18/h2-3,5,7,9-14,22,25H,4,6,8,15H2,1H3,(H2,30,31). The Bertz CT molecular complexity index is 1290. The quantitative estimate of drug-likeness (QED) is 0.509. The van der Waals surface area contributed by atoms with E-state index in [4.69, 9.17) is 31.9 Å². The van der Waals surface area contributed by atoms with Gasteiger partial charge in [0.05, 0.1) is 5.56 Å². The van der Waals surface area contributed by atoms with Gasteiger partial charge in [-0.25, -0.2) is 19.3 Å². The Morgan fingerprint density at radius 1 is 1.12 bits per heavy atom. The Kier molecular flexibility index (Phi) is 5.04. The van der Waals surface area contributed by atoms with E-state index in [1.807, 2.05) is 18.2 Å². The molecule has 2 N–H and O–H groups in total. The molecular weight excluding hydrogens is 453 g/mol. The number of hydrogen-bond acceptors (Lipinski definition) is 5. The first kappa shape index (κ1) is 21.4. The summed E-state index contributed by atoms with van der Waals surface area (Å²) in [7, 11) is 1.75. The van der Waals surface area contributed by atoms with Crippen LogP contribution in [0.25, 0.3) is 11.1 Å². The molecule has 3 aliphatic rings. The minimum Gasteiger partial charge on any atom is -0.489 e. The molecule has 0 saturated heterocycles. The van der Waals surface area contributed by atoms with E-state index in [-0.39, 0.29) is 17.8 Å². The van der Waals surface area contributed by atoms with E-state index < -0.39 is 5.72 Å². The van der Waals surface area contributed by atoms with Crippen LogP contribution in [0.1, 0.15) is 41.9 Å². The number of aryl methyl sites for hydroxylation is 1. The zero-order valence-electron chi connectivity index (χ0n) is 18.8. The highest BCUT2D eigenvalue weighted by atomic mass is 35.5. The van der Waals surface area contributed by atoms with Crippen LogP contribution in [-0.4, -0.2) is 24.2 Å². The van der Waals surface area contributed by atoms with Crippen LogP contribution in [0.5, 0.6) is 5.75 Å². The maximum atomic E-state index is 14.0. The van der Waals surface area contributed by atoms with Crippen molar-refractivity contribution in [3.05, 3.63) is 88.2 Å². The van der Waals surface area contributed by atoms with E-state index in [0.717, 1.165) is 30.4 Å². The molecule has 2 heterocycles. The zero-order chi connectivity index (χ0) is 23.4. The topological polar surface area (TPSA) is 60.1 Å². The van der Waals surface area contributed by atoms with Gasteiger partial charge in [-0.05, 0) is 71.8 Å². The van der Waals surface area contributed by atoms with Crippen LogP contribution in [0, 0.1) is 5.82 Å². The number of nitrogens with zero attached hydrogens (tertiary/aromatic N) is 2. The van der Waals surface area contributed by atoms with Gasteiger partial charge < -0.3 is 10.5 Å². The van der Waals surface area contributed by atoms with Crippen molar-refractivity contribution < 1.29 is 14.0 Å². The van der Waals surface area contributed by atoms with Crippen molar-refractivity contribution >= 4 is 17.6 Å². The molecule has 2 aliphatic heterocycles. The molecule has 0 amide bonds. The molecule has 174 valence electrons. The van der Waals surface area contributed by atoms with Crippen molar-refractivity contribution in [2.24, 2.45) is 10.7 Å². The second-order valence-electron chi connectivity index (χ2n) is 9.27. The monoisotopic (exact) mass is 477 g/mol. The normalized spacial score (nSPS) is 25.5. The molecule has 1 aliphatic carbocycles. The predicted molar refractivity (Wildman–Crippen MR) is 130 cm³/mol. The lowest BCUT2D eigenvalue weighted by Crippen LogP contribution is -2.42. The van der Waals surface area contributed by atoms with Crippen LogP contribution < -0.4 is 10.5 Å². The van der Waals surface area contributed by atoms with Crippen LogP contribution >= 0.6 is 11.6 Å². The Labute approximate surface area is 202 Å². The van der Waals surface area contributed by atoms with Crippen molar-refractivity contribution in [3.8, 4) is 16.9 Å². The average molecular weight is 478 g/mol. The first-order chi connectivity index (χ1) is 16.4. The van der Waals surface area contributed by atoms with Crippen molar-refractivity contribution in [1.29, 1.82) is 0 Å². The molecule has 0 aromatic heterocycles. The smallest absolute Gasteiger partial charge is 0.221 e. The van der Waals surface area contributed by atoms with E-state index >= 15 is 0 Å². The molecule has 3 atom stereocenters. The molecule has 5 nitrogen and oxygen atoms in total. The summed E-state index contributed by atoms with van der Waals surface area (Å²) >= 11 is 6.11. The average Bonchev–Trinajstić information content (AvgIpc) is 3.11. The molecule has 3 unspecified atom stereocenters. The number of benzene rings is 3. The number of hydroxylamine groups is 2. The van der Waals surface area contributed by atoms with Crippen molar-refractivity contribution in [2.75, 3.05) is 7.05 Å². The highest BCUT2D eigenvalue weighted by molar-refractivity contribution is 6.30. The van der Waals surface area contributed by atoms with Gasteiger partial charge in [0.1, 0.15) is 17.7 Å². The Morgan fingerprint density at radius 2 is 1.97 bits per heavy atom. The molecule has 6 rings (SSSR count). The zero-order valence-corrected chi connectivity index (χ0v) is 19.6. The van der Waals surface area contributed by atoms with Crippen molar-refractivity contribution in [3.63, 3.8) is 0 Å². The molecule has 3 aromatic rings. The van der Waals surface area contributed by atoms with Gasteiger partial charge in [0.2, 0.25) is 11.7 Å². The third-order valence-corrected chi connectivity index (χ3v) is 7.34. The molecule has 0 bridgehead atoms. The molecule has 3 aromatic carbocycles. The lowest BCUT2D eigenvalue weighted by molar-refractivity contribution is -0.192. The second-order valence-corrected chi connectivity index (χ2v) is 9.71. The van der Waals surface area contributed by atoms with Crippen LogP contribution in [-0.2, 0) is 17.0 Å². The van der Waals surface area contributed by atoms with Gasteiger partial charge in [-0.3, -0.25) is 0 Å². The van der Waals surface area contributed by atoms with Crippen LogP contribution in [0.15, 0.2) is 65.7 Å². The highest BCUT2D eigenvalue weighted by Crippen LogP contribution is 2.51. The largest absolute Gasteiger partial charge is 0.489 e. The second kappa shape index (κ2) is 8.00. The number of rotatable bonds is 2. The number of halogens is 2.